The van der Waals surface area contributed by atoms with Crippen LogP contribution in [0.1, 0.15) is 42.6 Å². The maximum Gasteiger partial charge on any atom is 0.242 e. The summed E-state index contributed by atoms with van der Waals surface area (Å²) in [4.78, 5) is 0. The zero-order valence-electron chi connectivity index (χ0n) is 13.5. The SMILES string of the molecule is COC1(OC)C2c3ccccc3C(c3cccc[n+]32)C1(C)C. The third-order valence-corrected chi connectivity index (χ3v) is 5.68. The minimum atomic E-state index is -0.676. The molecule has 1 aromatic carbocycles. The van der Waals surface area contributed by atoms with Crippen LogP contribution in [0.4, 0.5) is 0 Å². The zero-order valence-corrected chi connectivity index (χ0v) is 13.5. The molecule has 0 saturated heterocycles. The number of hydrogen-bond acceptors (Lipinski definition) is 2. The second-order valence-electron chi connectivity index (χ2n) is 6.79. The van der Waals surface area contributed by atoms with Crippen molar-refractivity contribution in [1.29, 1.82) is 0 Å². The summed E-state index contributed by atoms with van der Waals surface area (Å²) in [5.41, 5.74) is 3.87. The number of hydrogen-bond donors (Lipinski definition) is 0. The van der Waals surface area contributed by atoms with Gasteiger partial charge in [0.2, 0.25) is 11.8 Å². The van der Waals surface area contributed by atoms with Gasteiger partial charge >= 0.3 is 0 Å². The van der Waals surface area contributed by atoms with E-state index >= 15 is 0 Å². The molecule has 2 bridgehead atoms. The average Bonchev–Trinajstić information content (AvgIpc) is 2.54. The van der Waals surface area contributed by atoms with E-state index in [1.165, 1.54) is 16.8 Å². The molecule has 0 amide bonds. The molecule has 0 saturated carbocycles. The first-order valence-corrected chi connectivity index (χ1v) is 7.77. The molecule has 114 valence electrons. The predicted molar refractivity (Wildman–Crippen MR) is 83.6 cm³/mol. The van der Waals surface area contributed by atoms with Gasteiger partial charge in [-0.25, -0.2) is 0 Å². The highest BCUT2D eigenvalue weighted by molar-refractivity contribution is 5.45. The van der Waals surface area contributed by atoms with E-state index in [4.69, 9.17) is 9.47 Å². The Morgan fingerprint density at radius 1 is 0.909 bits per heavy atom. The van der Waals surface area contributed by atoms with Crippen LogP contribution in [0.15, 0.2) is 48.7 Å². The van der Waals surface area contributed by atoms with Gasteiger partial charge in [-0.15, -0.1) is 0 Å². The van der Waals surface area contributed by atoms with Gasteiger partial charge in [0.25, 0.3) is 0 Å². The number of fused-ring (bicyclic) bond motifs is 1. The molecule has 0 radical (unpaired) electrons. The van der Waals surface area contributed by atoms with Crippen molar-refractivity contribution in [3.8, 4) is 0 Å². The molecule has 2 aliphatic heterocycles. The van der Waals surface area contributed by atoms with Crippen LogP contribution in [0.2, 0.25) is 0 Å². The zero-order chi connectivity index (χ0) is 15.5. The molecule has 3 aliphatic rings. The highest BCUT2D eigenvalue weighted by Gasteiger charge is 2.70. The monoisotopic (exact) mass is 296 g/mol. The number of pyridine rings is 1. The van der Waals surface area contributed by atoms with Gasteiger partial charge in [-0.2, -0.15) is 4.57 Å². The number of nitrogens with zero attached hydrogens (tertiary/aromatic N) is 1. The lowest BCUT2D eigenvalue weighted by molar-refractivity contribution is -0.763. The molecular weight excluding hydrogens is 274 g/mol. The van der Waals surface area contributed by atoms with Crippen LogP contribution < -0.4 is 4.57 Å². The Bertz CT molecular complexity index is 686. The van der Waals surface area contributed by atoms with Crippen molar-refractivity contribution in [3.05, 3.63) is 65.5 Å². The summed E-state index contributed by atoms with van der Waals surface area (Å²) in [5.74, 6) is -0.430. The van der Waals surface area contributed by atoms with Gasteiger partial charge in [0.15, 0.2) is 11.9 Å². The van der Waals surface area contributed by atoms with Crippen molar-refractivity contribution in [1.82, 2.24) is 0 Å². The Kier molecular flexibility index (Phi) is 2.78. The van der Waals surface area contributed by atoms with Crippen LogP contribution in [0.5, 0.6) is 0 Å². The summed E-state index contributed by atoms with van der Waals surface area (Å²) in [7, 11) is 3.52. The van der Waals surface area contributed by atoms with E-state index in [9.17, 15) is 0 Å². The van der Waals surface area contributed by atoms with Crippen LogP contribution >= 0.6 is 0 Å². The first-order chi connectivity index (χ1) is 10.6. The van der Waals surface area contributed by atoms with Crippen molar-refractivity contribution in [2.75, 3.05) is 14.2 Å². The topological polar surface area (TPSA) is 22.3 Å². The van der Waals surface area contributed by atoms with E-state index in [1.807, 2.05) is 0 Å². The molecule has 0 spiro atoms. The van der Waals surface area contributed by atoms with Crippen LogP contribution in [-0.4, -0.2) is 20.0 Å². The van der Waals surface area contributed by atoms with Crippen LogP contribution in [0.3, 0.4) is 0 Å². The Labute approximate surface area is 131 Å². The molecule has 2 aromatic rings. The second-order valence-corrected chi connectivity index (χ2v) is 6.79. The van der Waals surface area contributed by atoms with Gasteiger partial charge in [-0.1, -0.05) is 44.2 Å². The van der Waals surface area contributed by atoms with Crippen molar-refractivity contribution in [2.24, 2.45) is 5.41 Å². The van der Waals surface area contributed by atoms with E-state index < -0.39 is 5.79 Å². The van der Waals surface area contributed by atoms with Crippen molar-refractivity contribution in [3.63, 3.8) is 0 Å². The van der Waals surface area contributed by atoms with E-state index in [-0.39, 0.29) is 17.4 Å². The number of methoxy groups -OCH3 is 2. The molecule has 1 aliphatic carbocycles. The largest absolute Gasteiger partial charge is 0.347 e. The Morgan fingerprint density at radius 2 is 1.55 bits per heavy atom. The second kappa shape index (κ2) is 4.40. The van der Waals surface area contributed by atoms with Gasteiger partial charge in [-0.3, -0.25) is 0 Å². The minimum absolute atomic E-state index is 0.0231. The summed E-state index contributed by atoms with van der Waals surface area (Å²) in [6, 6.07) is 15.1. The van der Waals surface area contributed by atoms with Crippen molar-refractivity contribution in [2.45, 2.75) is 31.6 Å². The van der Waals surface area contributed by atoms with Crippen LogP contribution in [-0.2, 0) is 9.47 Å². The highest BCUT2D eigenvalue weighted by Crippen LogP contribution is 2.61. The van der Waals surface area contributed by atoms with Crippen molar-refractivity contribution >= 4 is 0 Å². The standard InChI is InChI=1S/C19H22NO2/c1-18(2)16-13-9-5-6-10-14(13)17(19(18,21-3)22-4)20-12-8-7-11-15(16)20/h5-12,16-17H,1-4H3/q+1. The van der Waals surface area contributed by atoms with Gasteiger partial charge in [0.05, 0.1) is 5.92 Å². The fourth-order valence-electron chi connectivity index (χ4n) is 4.81. The summed E-state index contributed by atoms with van der Waals surface area (Å²) in [6.45, 7) is 4.51. The molecular formula is C19H22NO2+. The molecule has 22 heavy (non-hydrogen) atoms. The lowest BCUT2D eigenvalue weighted by atomic mass is 9.56. The molecule has 2 atom stereocenters. The Morgan fingerprint density at radius 3 is 2.23 bits per heavy atom. The van der Waals surface area contributed by atoms with Gasteiger partial charge in [0.1, 0.15) is 0 Å². The lowest BCUT2D eigenvalue weighted by Gasteiger charge is -2.56. The number of rotatable bonds is 2. The summed E-state index contributed by atoms with van der Waals surface area (Å²) in [6.07, 6.45) is 2.14. The molecule has 0 fully saturated rings. The third kappa shape index (κ3) is 1.37. The number of ether oxygens (including phenoxy) is 2. The van der Waals surface area contributed by atoms with Gasteiger partial charge in [-0.05, 0) is 5.56 Å². The lowest BCUT2D eigenvalue weighted by Crippen LogP contribution is -2.72. The summed E-state index contributed by atoms with van der Waals surface area (Å²) < 4.78 is 14.4. The maximum atomic E-state index is 6.05. The Hall–Kier alpha value is -1.71. The Balaban J connectivity index is 2.12. The molecule has 0 N–H and O–H groups in total. The number of aromatic nitrogens is 1. The van der Waals surface area contributed by atoms with E-state index in [0.29, 0.717) is 0 Å². The molecule has 5 rings (SSSR count). The highest BCUT2D eigenvalue weighted by atomic mass is 16.7. The summed E-state index contributed by atoms with van der Waals surface area (Å²) >= 11 is 0. The summed E-state index contributed by atoms with van der Waals surface area (Å²) in [5, 5.41) is 0. The molecule has 3 heteroatoms. The quantitative estimate of drug-likeness (QED) is 0.628. The molecule has 1 aromatic heterocycles. The van der Waals surface area contributed by atoms with E-state index in [2.05, 4.69) is 67.1 Å². The number of benzene rings is 1. The average molecular weight is 296 g/mol. The fourth-order valence-corrected chi connectivity index (χ4v) is 4.81. The third-order valence-electron chi connectivity index (χ3n) is 5.68. The van der Waals surface area contributed by atoms with Gasteiger partial charge < -0.3 is 9.47 Å². The van der Waals surface area contributed by atoms with Crippen LogP contribution in [0.25, 0.3) is 0 Å². The van der Waals surface area contributed by atoms with Crippen molar-refractivity contribution < 1.29 is 14.0 Å². The van der Waals surface area contributed by atoms with Gasteiger partial charge in [0, 0.05) is 37.3 Å². The molecule has 2 unspecified atom stereocenters. The van der Waals surface area contributed by atoms with E-state index in [1.54, 1.807) is 14.2 Å². The predicted octanol–water partition coefficient (Wildman–Crippen LogP) is 3.04. The minimum Gasteiger partial charge on any atom is -0.347 e. The van der Waals surface area contributed by atoms with Crippen LogP contribution in [0, 0.1) is 5.41 Å². The first kappa shape index (κ1) is 13.9. The maximum absolute atomic E-state index is 6.05. The normalized spacial score (nSPS) is 26.4. The van der Waals surface area contributed by atoms with E-state index in [0.717, 1.165) is 0 Å². The molecule has 3 heterocycles. The first-order valence-electron chi connectivity index (χ1n) is 7.77. The smallest absolute Gasteiger partial charge is 0.242 e. The fraction of sp³-hybridized carbons (Fsp3) is 0.421. The molecule has 3 nitrogen and oxygen atoms in total.